The van der Waals surface area contributed by atoms with Crippen molar-refractivity contribution in [3.8, 4) is 11.5 Å². The molecule has 0 saturated carbocycles. The molecule has 0 fully saturated rings. The van der Waals surface area contributed by atoms with Gasteiger partial charge in [0.05, 0.1) is 14.2 Å². The average molecular weight is 393 g/mol. The molecule has 0 unspecified atom stereocenters. The Balaban J connectivity index is 2.30. The molecule has 0 aliphatic rings. The number of esters is 1. The van der Waals surface area contributed by atoms with Crippen LogP contribution < -0.4 is 9.47 Å². The van der Waals surface area contributed by atoms with Gasteiger partial charge in [-0.1, -0.05) is 23.7 Å². The summed E-state index contributed by atoms with van der Waals surface area (Å²) in [6, 6.07) is 11.2. The van der Waals surface area contributed by atoms with Gasteiger partial charge in [0, 0.05) is 10.6 Å². The van der Waals surface area contributed by atoms with Gasteiger partial charge in [-0.3, -0.25) is 0 Å². The summed E-state index contributed by atoms with van der Waals surface area (Å²) in [6.07, 6.45) is 1.02. The molecule has 0 amide bonds. The van der Waals surface area contributed by atoms with Gasteiger partial charge in [-0.25, -0.2) is 9.59 Å². The van der Waals surface area contributed by atoms with Gasteiger partial charge in [-0.2, -0.15) is 0 Å². The lowest BCUT2D eigenvalue weighted by atomic mass is 10.1. The van der Waals surface area contributed by atoms with Crippen molar-refractivity contribution in [2.24, 2.45) is 0 Å². The van der Waals surface area contributed by atoms with E-state index >= 15 is 0 Å². The fourth-order valence-electron chi connectivity index (χ4n) is 2.16. The highest BCUT2D eigenvalue weighted by atomic mass is 35.5. The van der Waals surface area contributed by atoms with Gasteiger partial charge in [0.15, 0.2) is 0 Å². The number of benzene rings is 2. The van der Waals surface area contributed by atoms with Gasteiger partial charge in [0.1, 0.15) is 29.9 Å². The van der Waals surface area contributed by atoms with Crippen LogP contribution in [-0.4, -0.2) is 31.3 Å². The normalized spacial score (nSPS) is 10.9. The molecule has 0 saturated heterocycles. The molecular formula is C19H17ClO7. The predicted octanol–water partition coefficient (Wildman–Crippen LogP) is 3.66. The summed E-state index contributed by atoms with van der Waals surface area (Å²) >= 11 is 5.82. The Morgan fingerprint density at radius 3 is 2.41 bits per heavy atom. The van der Waals surface area contributed by atoms with Crippen LogP contribution in [0, 0.1) is 0 Å². The SMILES string of the molecule is CO/C=C(/Oc1cccc(COc2ccc(Cl)cc2)c1C(=O)O)C(=O)OC. The molecule has 0 atom stereocenters. The van der Waals surface area contributed by atoms with Crippen LogP contribution in [0.1, 0.15) is 15.9 Å². The first-order valence-corrected chi connectivity index (χ1v) is 8.06. The van der Waals surface area contributed by atoms with Crippen LogP contribution in [0.2, 0.25) is 5.02 Å². The van der Waals surface area contributed by atoms with Crippen molar-refractivity contribution in [2.45, 2.75) is 6.61 Å². The maximum absolute atomic E-state index is 11.8. The van der Waals surface area contributed by atoms with Crippen LogP contribution in [0.4, 0.5) is 0 Å². The van der Waals surface area contributed by atoms with Crippen molar-refractivity contribution < 1.29 is 33.6 Å². The van der Waals surface area contributed by atoms with E-state index in [0.717, 1.165) is 6.26 Å². The molecule has 0 radical (unpaired) electrons. The fourth-order valence-corrected chi connectivity index (χ4v) is 2.28. The zero-order chi connectivity index (χ0) is 19.8. The zero-order valence-electron chi connectivity index (χ0n) is 14.6. The Kier molecular flexibility index (Phi) is 7.08. The summed E-state index contributed by atoms with van der Waals surface area (Å²) in [5.74, 6) is -1.86. The Labute approximate surface area is 160 Å². The first-order chi connectivity index (χ1) is 13.0. The average Bonchev–Trinajstić information content (AvgIpc) is 2.66. The lowest BCUT2D eigenvalue weighted by molar-refractivity contribution is -0.138. The van der Waals surface area contributed by atoms with E-state index in [9.17, 15) is 14.7 Å². The maximum Gasteiger partial charge on any atom is 0.377 e. The second kappa shape index (κ2) is 9.49. The van der Waals surface area contributed by atoms with E-state index in [-0.39, 0.29) is 23.7 Å². The molecule has 0 heterocycles. The Morgan fingerprint density at radius 1 is 1.11 bits per heavy atom. The fraction of sp³-hybridized carbons (Fsp3) is 0.158. The van der Waals surface area contributed by atoms with Gasteiger partial charge in [0.25, 0.3) is 0 Å². The van der Waals surface area contributed by atoms with Gasteiger partial charge in [-0.05, 0) is 30.3 Å². The molecule has 0 bridgehead atoms. The number of aromatic carboxylic acids is 1. The highest BCUT2D eigenvalue weighted by molar-refractivity contribution is 6.30. The molecule has 0 spiro atoms. The highest BCUT2D eigenvalue weighted by Gasteiger charge is 2.21. The molecule has 2 aromatic rings. The molecule has 1 N–H and O–H groups in total. The molecule has 7 nitrogen and oxygen atoms in total. The van der Waals surface area contributed by atoms with E-state index in [1.54, 1.807) is 36.4 Å². The molecule has 0 aliphatic carbocycles. The van der Waals surface area contributed by atoms with Crippen LogP contribution in [0.25, 0.3) is 0 Å². The van der Waals surface area contributed by atoms with Crippen molar-refractivity contribution in [1.29, 1.82) is 0 Å². The number of rotatable bonds is 8. The number of halogens is 1. The van der Waals surface area contributed by atoms with Gasteiger partial charge >= 0.3 is 11.9 Å². The minimum Gasteiger partial charge on any atom is -0.500 e. The minimum absolute atomic E-state index is 0.0258. The molecule has 0 aliphatic heterocycles. The summed E-state index contributed by atoms with van der Waals surface area (Å²) in [6.45, 7) is -0.0258. The zero-order valence-corrected chi connectivity index (χ0v) is 15.4. The monoisotopic (exact) mass is 392 g/mol. The largest absolute Gasteiger partial charge is 0.500 e. The van der Waals surface area contributed by atoms with Gasteiger partial charge in [-0.15, -0.1) is 0 Å². The number of hydrogen-bond donors (Lipinski definition) is 1. The van der Waals surface area contributed by atoms with Crippen LogP contribution in [0.3, 0.4) is 0 Å². The molecule has 2 aromatic carbocycles. The van der Waals surface area contributed by atoms with E-state index in [2.05, 4.69) is 4.74 Å². The van der Waals surface area contributed by atoms with Crippen molar-refractivity contribution in [3.63, 3.8) is 0 Å². The predicted molar refractivity (Wildman–Crippen MR) is 96.9 cm³/mol. The van der Waals surface area contributed by atoms with Crippen molar-refractivity contribution in [3.05, 3.63) is 70.6 Å². The third-order valence-electron chi connectivity index (χ3n) is 3.37. The summed E-state index contributed by atoms with van der Waals surface area (Å²) in [5.41, 5.74) is 0.217. The molecule has 27 heavy (non-hydrogen) atoms. The summed E-state index contributed by atoms with van der Waals surface area (Å²) in [5, 5.41) is 10.2. The quantitative estimate of drug-likeness (QED) is 0.416. The lowest BCUT2D eigenvalue weighted by Gasteiger charge is -2.14. The topological polar surface area (TPSA) is 91.3 Å². The molecule has 8 heteroatoms. The number of carbonyl (C=O) groups excluding carboxylic acids is 1. The second-order valence-corrected chi connectivity index (χ2v) is 5.59. The third kappa shape index (κ3) is 5.39. The van der Waals surface area contributed by atoms with Crippen LogP contribution in [0.5, 0.6) is 11.5 Å². The van der Waals surface area contributed by atoms with Gasteiger partial charge < -0.3 is 24.1 Å². The van der Waals surface area contributed by atoms with E-state index in [1.807, 2.05) is 0 Å². The Morgan fingerprint density at radius 2 is 1.81 bits per heavy atom. The van der Waals surface area contributed by atoms with Crippen LogP contribution in [-0.2, 0) is 20.9 Å². The Hall–Kier alpha value is -3.19. The number of carbonyl (C=O) groups is 2. The Bertz CT molecular complexity index is 844. The molecular weight excluding hydrogens is 376 g/mol. The van der Waals surface area contributed by atoms with E-state index in [0.29, 0.717) is 16.3 Å². The number of methoxy groups -OCH3 is 2. The number of hydrogen-bond acceptors (Lipinski definition) is 6. The van der Waals surface area contributed by atoms with Crippen molar-refractivity contribution in [1.82, 2.24) is 0 Å². The first kappa shape index (κ1) is 20.1. The maximum atomic E-state index is 11.8. The van der Waals surface area contributed by atoms with Crippen molar-refractivity contribution >= 4 is 23.5 Å². The van der Waals surface area contributed by atoms with Crippen molar-refractivity contribution in [2.75, 3.05) is 14.2 Å². The number of ether oxygens (including phenoxy) is 4. The molecule has 142 valence electrons. The smallest absolute Gasteiger partial charge is 0.377 e. The molecule has 2 rings (SSSR count). The lowest BCUT2D eigenvalue weighted by Crippen LogP contribution is -2.14. The molecule has 0 aromatic heterocycles. The number of carboxylic acid groups (broad SMARTS) is 1. The standard InChI is InChI=1S/C19H17ClO7/c1-24-11-16(19(23)25-2)27-15-5-3-4-12(17(15)18(21)22)10-26-14-8-6-13(20)7-9-14/h3-9,11H,10H2,1-2H3,(H,21,22)/b16-11+. The first-order valence-electron chi connectivity index (χ1n) is 7.69. The van der Waals surface area contributed by atoms with Gasteiger partial charge in [0.2, 0.25) is 5.76 Å². The number of carboxylic acids is 1. The summed E-state index contributed by atoms with van der Waals surface area (Å²) in [4.78, 5) is 23.5. The van der Waals surface area contributed by atoms with Crippen LogP contribution >= 0.6 is 11.6 Å². The third-order valence-corrected chi connectivity index (χ3v) is 3.62. The second-order valence-electron chi connectivity index (χ2n) is 5.15. The highest BCUT2D eigenvalue weighted by Crippen LogP contribution is 2.26. The van der Waals surface area contributed by atoms with Crippen LogP contribution in [0.15, 0.2) is 54.5 Å². The minimum atomic E-state index is -1.23. The summed E-state index contributed by atoms with van der Waals surface area (Å²) in [7, 11) is 2.49. The van der Waals surface area contributed by atoms with E-state index in [1.165, 1.54) is 20.3 Å². The summed E-state index contributed by atoms with van der Waals surface area (Å²) < 4.78 is 20.4. The van der Waals surface area contributed by atoms with E-state index in [4.69, 9.17) is 25.8 Å². The van der Waals surface area contributed by atoms with E-state index < -0.39 is 11.9 Å².